The van der Waals surface area contributed by atoms with Crippen LogP contribution in [-0.4, -0.2) is 29.8 Å². The molecule has 7 nitrogen and oxygen atoms in total. The van der Waals surface area contributed by atoms with Crippen LogP contribution in [0.25, 0.3) is 16.3 Å². The molecule has 0 amide bonds. The van der Waals surface area contributed by atoms with E-state index in [-0.39, 0.29) is 5.56 Å². The van der Waals surface area contributed by atoms with E-state index in [2.05, 4.69) is 32.2 Å². The summed E-state index contributed by atoms with van der Waals surface area (Å²) < 4.78 is 1.45. The van der Waals surface area contributed by atoms with Gasteiger partial charge in [0, 0.05) is 23.3 Å². The lowest BCUT2D eigenvalue weighted by Gasteiger charge is -2.18. The minimum Gasteiger partial charge on any atom is -0.267 e. The van der Waals surface area contributed by atoms with Crippen molar-refractivity contribution in [3.8, 4) is 11.4 Å². The molecule has 1 saturated carbocycles. The number of nitrogens with zero attached hydrogens (tertiary/aromatic N) is 5. The summed E-state index contributed by atoms with van der Waals surface area (Å²) in [4.78, 5) is 22.4. The first kappa shape index (κ1) is 19.4. The van der Waals surface area contributed by atoms with E-state index in [1.165, 1.54) is 41.1 Å². The van der Waals surface area contributed by atoms with Crippen LogP contribution >= 0.6 is 23.1 Å². The molecule has 3 aromatic heterocycles. The number of rotatable bonds is 5. The van der Waals surface area contributed by atoms with Crippen LogP contribution < -0.4 is 5.56 Å². The number of thioether (sulfide) groups is 1. The van der Waals surface area contributed by atoms with E-state index in [9.17, 15) is 4.79 Å². The third-order valence-electron chi connectivity index (χ3n) is 5.41. The largest absolute Gasteiger partial charge is 0.275 e. The molecule has 9 heteroatoms. The molecule has 0 atom stereocenters. The molecule has 30 heavy (non-hydrogen) atoms. The van der Waals surface area contributed by atoms with Crippen molar-refractivity contribution in [1.82, 2.24) is 29.8 Å². The molecule has 3 heterocycles. The second-order valence-corrected chi connectivity index (χ2v) is 9.61. The van der Waals surface area contributed by atoms with Crippen molar-refractivity contribution in [2.75, 3.05) is 0 Å². The van der Waals surface area contributed by atoms with Crippen molar-refractivity contribution in [2.45, 2.75) is 55.9 Å². The molecule has 1 fully saturated rings. The van der Waals surface area contributed by atoms with Gasteiger partial charge in [-0.25, -0.2) is 9.97 Å². The Morgan fingerprint density at radius 3 is 2.77 bits per heavy atom. The molecule has 154 valence electrons. The fraction of sp³-hybridized carbons (Fsp3) is 0.381. The van der Waals surface area contributed by atoms with Crippen molar-refractivity contribution in [3.05, 3.63) is 57.0 Å². The van der Waals surface area contributed by atoms with Gasteiger partial charge in [-0.15, -0.1) is 5.10 Å². The molecule has 1 aliphatic carbocycles. The van der Waals surface area contributed by atoms with Crippen LogP contribution in [0.2, 0.25) is 0 Å². The first-order chi connectivity index (χ1) is 14.7. The Kier molecular flexibility index (Phi) is 5.39. The minimum atomic E-state index is -0.121. The maximum Gasteiger partial charge on any atom is 0.275 e. The standard InChI is InChI=1S/C21H22N6OS2/c1-13-7-9-14(10-8-13)18-23-20(25-24-18)29-12-16-11-17(28)27-21(22-16)30-19(26-27)15-5-3-2-4-6-15/h7-11,15H,2-6,12H2,1H3,(H,23,24,25). The van der Waals surface area contributed by atoms with Crippen LogP contribution in [0.5, 0.6) is 0 Å². The van der Waals surface area contributed by atoms with Crippen LogP contribution in [0.15, 0.2) is 40.3 Å². The molecule has 0 bridgehead atoms. The molecule has 5 rings (SSSR count). The predicted molar refractivity (Wildman–Crippen MR) is 119 cm³/mol. The lowest BCUT2D eigenvalue weighted by Crippen LogP contribution is -2.15. The van der Waals surface area contributed by atoms with E-state index in [4.69, 9.17) is 0 Å². The molecule has 0 aliphatic heterocycles. The molecule has 1 N–H and O–H groups in total. The van der Waals surface area contributed by atoms with E-state index >= 15 is 0 Å². The summed E-state index contributed by atoms with van der Waals surface area (Å²) in [7, 11) is 0. The number of nitrogens with one attached hydrogen (secondary N) is 1. The highest BCUT2D eigenvalue weighted by molar-refractivity contribution is 7.98. The highest BCUT2D eigenvalue weighted by Gasteiger charge is 2.20. The van der Waals surface area contributed by atoms with E-state index in [0.29, 0.717) is 21.8 Å². The van der Waals surface area contributed by atoms with Crippen molar-refractivity contribution in [1.29, 1.82) is 0 Å². The third kappa shape index (κ3) is 4.04. The maximum atomic E-state index is 12.5. The molecule has 0 radical (unpaired) electrons. The summed E-state index contributed by atoms with van der Waals surface area (Å²) in [6.45, 7) is 2.05. The van der Waals surface area contributed by atoms with Gasteiger partial charge >= 0.3 is 0 Å². The number of hydrogen-bond donors (Lipinski definition) is 1. The molecular weight excluding hydrogens is 416 g/mol. The fourth-order valence-electron chi connectivity index (χ4n) is 3.75. The quantitative estimate of drug-likeness (QED) is 0.459. The van der Waals surface area contributed by atoms with Gasteiger partial charge in [-0.05, 0) is 19.8 Å². The number of hydrogen-bond acceptors (Lipinski definition) is 7. The van der Waals surface area contributed by atoms with Gasteiger partial charge in [0.15, 0.2) is 5.82 Å². The van der Waals surface area contributed by atoms with Crippen LogP contribution in [0.4, 0.5) is 0 Å². The van der Waals surface area contributed by atoms with Gasteiger partial charge in [0.2, 0.25) is 10.1 Å². The first-order valence-corrected chi connectivity index (χ1v) is 12.0. The second kappa shape index (κ2) is 8.31. The summed E-state index contributed by atoms with van der Waals surface area (Å²) in [5.74, 6) is 1.74. The van der Waals surface area contributed by atoms with E-state index in [1.54, 1.807) is 17.4 Å². The number of aryl methyl sites for hydroxylation is 1. The molecule has 0 unspecified atom stereocenters. The van der Waals surface area contributed by atoms with E-state index < -0.39 is 0 Å². The van der Waals surface area contributed by atoms with Gasteiger partial charge in [-0.3, -0.25) is 9.89 Å². The number of aromatic nitrogens is 6. The summed E-state index contributed by atoms with van der Waals surface area (Å²) in [5.41, 5.74) is 2.81. The average molecular weight is 439 g/mol. The molecule has 0 saturated heterocycles. The van der Waals surface area contributed by atoms with Gasteiger partial charge in [0.25, 0.3) is 5.56 Å². The Balaban J connectivity index is 1.32. The second-order valence-electron chi connectivity index (χ2n) is 7.68. The zero-order chi connectivity index (χ0) is 20.5. The van der Waals surface area contributed by atoms with Crippen LogP contribution in [0.1, 0.15) is 54.3 Å². The molecular formula is C21H22N6OS2. The normalized spacial score (nSPS) is 15.1. The Morgan fingerprint density at radius 2 is 1.97 bits per heavy atom. The number of H-pyrrole nitrogens is 1. The van der Waals surface area contributed by atoms with E-state index in [1.807, 2.05) is 24.3 Å². The zero-order valence-electron chi connectivity index (χ0n) is 16.7. The first-order valence-electron chi connectivity index (χ1n) is 10.2. The predicted octanol–water partition coefficient (Wildman–Crippen LogP) is 4.58. The van der Waals surface area contributed by atoms with Gasteiger partial charge in [0.05, 0.1) is 5.69 Å². The lowest BCUT2D eigenvalue weighted by molar-refractivity contribution is 0.439. The van der Waals surface area contributed by atoms with Crippen LogP contribution in [-0.2, 0) is 5.75 Å². The van der Waals surface area contributed by atoms with Crippen molar-refractivity contribution in [3.63, 3.8) is 0 Å². The van der Waals surface area contributed by atoms with Crippen molar-refractivity contribution < 1.29 is 0 Å². The highest BCUT2D eigenvalue weighted by Crippen LogP contribution is 2.34. The van der Waals surface area contributed by atoms with Gasteiger partial charge in [-0.2, -0.15) is 9.61 Å². The minimum absolute atomic E-state index is 0.121. The van der Waals surface area contributed by atoms with E-state index in [0.717, 1.165) is 34.9 Å². The average Bonchev–Trinajstić information content (AvgIpc) is 3.41. The monoisotopic (exact) mass is 438 g/mol. The Labute approximate surface area is 182 Å². The lowest BCUT2D eigenvalue weighted by atomic mass is 9.90. The molecule has 1 aromatic carbocycles. The number of benzene rings is 1. The van der Waals surface area contributed by atoms with Crippen LogP contribution in [0, 0.1) is 6.92 Å². The van der Waals surface area contributed by atoms with Crippen molar-refractivity contribution in [2.24, 2.45) is 0 Å². The summed E-state index contributed by atoms with van der Waals surface area (Å²) in [6, 6.07) is 9.71. The van der Waals surface area contributed by atoms with Crippen molar-refractivity contribution >= 4 is 28.1 Å². The fourth-order valence-corrected chi connectivity index (χ4v) is 5.53. The highest BCUT2D eigenvalue weighted by atomic mass is 32.2. The molecule has 4 aromatic rings. The van der Waals surface area contributed by atoms with Crippen LogP contribution in [0.3, 0.4) is 0 Å². The molecule has 1 aliphatic rings. The Bertz CT molecular complexity index is 1220. The Morgan fingerprint density at radius 1 is 1.17 bits per heavy atom. The SMILES string of the molecule is Cc1ccc(-c2nc(SCc3cc(=O)n4nc(C5CCCCC5)sc4n3)n[nH]2)cc1. The third-order valence-corrected chi connectivity index (χ3v) is 7.36. The Hall–Kier alpha value is -2.52. The summed E-state index contributed by atoms with van der Waals surface area (Å²) >= 11 is 3.01. The maximum absolute atomic E-state index is 12.5. The molecule has 0 spiro atoms. The smallest absolute Gasteiger partial charge is 0.267 e. The summed E-state index contributed by atoms with van der Waals surface area (Å²) in [5, 5.41) is 13.5. The zero-order valence-corrected chi connectivity index (χ0v) is 18.3. The van der Waals surface area contributed by atoms with Gasteiger partial charge in [-0.1, -0.05) is 72.2 Å². The number of aromatic amines is 1. The topological polar surface area (TPSA) is 88.8 Å². The summed E-state index contributed by atoms with van der Waals surface area (Å²) in [6.07, 6.45) is 6.10. The van der Waals surface area contributed by atoms with Gasteiger partial charge < -0.3 is 0 Å². The van der Waals surface area contributed by atoms with Gasteiger partial charge in [0.1, 0.15) is 5.01 Å². The number of fused-ring (bicyclic) bond motifs is 1.